The molecule has 19 heavy (non-hydrogen) atoms. The number of aromatic nitrogens is 2. The van der Waals surface area contributed by atoms with Crippen LogP contribution in [-0.2, 0) is 5.41 Å². The molecule has 8 heteroatoms. The van der Waals surface area contributed by atoms with Gasteiger partial charge in [0.15, 0.2) is 6.61 Å². The first-order valence-electron chi connectivity index (χ1n) is 5.36. The van der Waals surface area contributed by atoms with Gasteiger partial charge in [0.1, 0.15) is 11.0 Å². The van der Waals surface area contributed by atoms with Gasteiger partial charge < -0.3 is 4.74 Å². The zero-order valence-corrected chi connectivity index (χ0v) is 11.3. The van der Waals surface area contributed by atoms with Crippen molar-refractivity contribution in [2.24, 2.45) is 0 Å². The molecule has 0 bridgehead atoms. The van der Waals surface area contributed by atoms with Gasteiger partial charge >= 0.3 is 12.3 Å². The van der Waals surface area contributed by atoms with Gasteiger partial charge in [0.05, 0.1) is 0 Å². The SMILES string of the molecule is CC(C)(C)c1nc(Cl)cc(OCC(F)(F)C(F)F)n1. The van der Waals surface area contributed by atoms with Gasteiger partial charge in [-0.15, -0.1) is 0 Å². The Kier molecular flexibility index (Phi) is 4.60. The maximum absolute atomic E-state index is 12.7. The van der Waals surface area contributed by atoms with Crippen LogP contribution in [0.1, 0.15) is 26.6 Å². The third-order valence-corrected chi connectivity index (χ3v) is 2.27. The summed E-state index contributed by atoms with van der Waals surface area (Å²) in [6.45, 7) is 3.89. The summed E-state index contributed by atoms with van der Waals surface area (Å²) in [7, 11) is 0. The lowest BCUT2D eigenvalue weighted by Crippen LogP contribution is -2.34. The van der Waals surface area contributed by atoms with Crippen molar-refractivity contribution in [3.63, 3.8) is 0 Å². The Hall–Kier alpha value is -1.11. The van der Waals surface area contributed by atoms with Crippen molar-refractivity contribution in [2.75, 3.05) is 6.61 Å². The lowest BCUT2D eigenvalue weighted by Gasteiger charge is -2.19. The van der Waals surface area contributed by atoms with Gasteiger partial charge in [-0.1, -0.05) is 32.4 Å². The summed E-state index contributed by atoms with van der Waals surface area (Å²) < 4.78 is 54.0. The Morgan fingerprint density at radius 1 is 1.26 bits per heavy atom. The molecule has 0 aliphatic carbocycles. The fourth-order valence-corrected chi connectivity index (χ4v) is 1.21. The molecule has 0 aliphatic heterocycles. The smallest absolute Gasteiger partial charge is 0.340 e. The third-order valence-electron chi connectivity index (χ3n) is 2.07. The molecule has 1 aromatic heterocycles. The van der Waals surface area contributed by atoms with E-state index in [1.54, 1.807) is 20.8 Å². The van der Waals surface area contributed by atoms with Crippen molar-refractivity contribution in [1.29, 1.82) is 0 Å². The largest absolute Gasteiger partial charge is 0.471 e. The van der Waals surface area contributed by atoms with Crippen molar-refractivity contribution in [2.45, 2.75) is 38.5 Å². The molecule has 0 saturated carbocycles. The van der Waals surface area contributed by atoms with Gasteiger partial charge in [-0.05, 0) is 0 Å². The molecule has 1 rings (SSSR count). The zero-order valence-electron chi connectivity index (χ0n) is 10.6. The highest BCUT2D eigenvalue weighted by Crippen LogP contribution is 2.26. The zero-order chi connectivity index (χ0) is 14.8. The summed E-state index contributed by atoms with van der Waals surface area (Å²) in [6.07, 6.45) is -3.80. The topological polar surface area (TPSA) is 35.0 Å². The van der Waals surface area contributed by atoms with E-state index in [2.05, 4.69) is 14.7 Å². The maximum Gasteiger partial charge on any atom is 0.340 e. The summed E-state index contributed by atoms with van der Waals surface area (Å²) in [5.74, 6) is -4.22. The molecule has 0 spiro atoms. The van der Waals surface area contributed by atoms with Crippen LogP contribution in [0.4, 0.5) is 17.6 Å². The third kappa shape index (κ3) is 4.49. The predicted molar refractivity (Wildman–Crippen MR) is 62.2 cm³/mol. The molecule has 0 saturated heterocycles. The highest BCUT2D eigenvalue weighted by Gasteiger charge is 2.42. The molecule has 0 atom stereocenters. The lowest BCUT2D eigenvalue weighted by molar-refractivity contribution is -0.148. The van der Waals surface area contributed by atoms with E-state index in [0.717, 1.165) is 6.07 Å². The number of rotatable bonds is 4. The van der Waals surface area contributed by atoms with Gasteiger partial charge in [0.25, 0.3) is 0 Å². The van der Waals surface area contributed by atoms with Crippen LogP contribution in [0.15, 0.2) is 6.07 Å². The molecule has 0 unspecified atom stereocenters. The van der Waals surface area contributed by atoms with Crippen LogP contribution in [0.5, 0.6) is 5.88 Å². The standard InChI is InChI=1S/C11H13ClF4N2O/c1-10(2,3)9-17-6(12)4-7(18-9)19-5-11(15,16)8(13)14/h4,8H,5H2,1-3H3. The second-order valence-electron chi connectivity index (χ2n) is 4.95. The van der Waals surface area contributed by atoms with Crippen LogP contribution in [0.25, 0.3) is 0 Å². The highest BCUT2D eigenvalue weighted by atomic mass is 35.5. The molecule has 1 heterocycles. The average molecular weight is 301 g/mol. The van der Waals surface area contributed by atoms with Crippen LogP contribution in [0.2, 0.25) is 5.15 Å². The minimum Gasteiger partial charge on any atom is -0.471 e. The highest BCUT2D eigenvalue weighted by molar-refractivity contribution is 6.29. The number of hydrogen-bond acceptors (Lipinski definition) is 3. The molecule has 0 aliphatic rings. The van der Waals surface area contributed by atoms with Crippen LogP contribution < -0.4 is 4.74 Å². The van der Waals surface area contributed by atoms with Gasteiger partial charge in [-0.2, -0.15) is 13.8 Å². The molecule has 3 nitrogen and oxygen atoms in total. The Balaban J connectivity index is 2.88. The summed E-state index contributed by atoms with van der Waals surface area (Å²) >= 11 is 5.70. The van der Waals surface area contributed by atoms with Crippen molar-refractivity contribution in [1.82, 2.24) is 9.97 Å². The normalized spacial score (nSPS) is 12.9. The monoisotopic (exact) mass is 300 g/mol. The second kappa shape index (κ2) is 5.48. The predicted octanol–water partition coefficient (Wildman–Crippen LogP) is 3.71. The van der Waals surface area contributed by atoms with E-state index in [-0.39, 0.29) is 16.9 Å². The summed E-state index contributed by atoms with van der Waals surface area (Å²) in [6, 6.07) is 1.10. The van der Waals surface area contributed by atoms with Crippen molar-refractivity contribution < 1.29 is 22.3 Å². The lowest BCUT2D eigenvalue weighted by atomic mass is 9.96. The molecule has 0 radical (unpaired) electrons. The molecule has 108 valence electrons. The fraction of sp³-hybridized carbons (Fsp3) is 0.636. The number of hydrogen-bond donors (Lipinski definition) is 0. The van der Waals surface area contributed by atoms with Gasteiger partial charge in [0.2, 0.25) is 5.88 Å². The van der Waals surface area contributed by atoms with E-state index in [4.69, 9.17) is 11.6 Å². The molecule has 0 N–H and O–H groups in total. The number of alkyl halides is 4. The van der Waals surface area contributed by atoms with Crippen LogP contribution >= 0.6 is 11.6 Å². The van der Waals surface area contributed by atoms with Crippen LogP contribution in [0, 0.1) is 0 Å². The average Bonchev–Trinajstić information content (AvgIpc) is 2.24. The summed E-state index contributed by atoms with van der Waals surface area (Å²) in [5, 5.41) is -0.00436. The number of halogens is 5. The molecular formula is C11H13ClF4N2O. The number of ether oxygens (including phenoxy) is 1. The Morgan fingerprint density at radius 3 is 2.32 bits per heavy atom. The van der Waals surface area contributed by atoms with E-state index in [1.165, 1.54) is 0 Å². The van der Waals surface area contributed by atoms with Gasteiger partial charge in [0, 0.05) is 11.5 Å². The Morgan fingerprint density at radius 2 is 1.84 bits per heavy atom. The first-order chi connectivity index (χ1) is 8.52. The molecule has 1 aromatic rings. The van der Waals surface area contributed by atoms with Crippen LogP contribution in [0.3, 0.4) is 0 Å². The van der Waals surface area contributed by atoms with E-state index in [0.29, 0.717) is 0 Å². The summed E-state index contributed by atoms with van der Waals surface area (Å²) in [5.41, 5.74) is -0.478. The molecular weight excluding hydrogens is 288 g/mol. The number of nitrogens with zero attached hydrogens (tertiary/aromatic N) is 2. The van der Waals surface area contributed by atoms with E-state index >= 15 is 0 Å². The Labute approximate surface area is 113 Å². The first kappa shape index (κ1) is 15.9. The van der Waals surface area contributed by atoms with E-state index in [1.807, 2.05) is 0 Å². The molecule has 0 fully saturated rings. The molecule has 0 amide bonds. The Bertz CT molecular complexity index is 449. The van der Waals surface area contributed by atoms with Crippen molar-refractivity contribution in [3.8, 4) is 5.88 Å². The van der Waals surface area contributed by atoms with Crippen molar-refractivity contribution in [3.05, 3.63) is 17.0 Å². The van der Waals surface area contributed by atoms with Gasteiger partial charge in [-0.3, -0.25) is 0 Å². The van der Waals surface area contributed by atoms with Crippen LogP contribution in [-0.4, -0.2) is 28.9 Å². The van der Waals surface area contributed by atoms with E-state index < -0.39 is 24.4 Å². The minimum atomic E-state index is -4.24. The summed E-state index contributed by atoms with van der Waals surface area (Å²) in [4.78, 5) is 7.79. The first-order valence-corrected chi connectivity index (χ1v) is 5.74. The van der Waals surface area contributed by atoms with E-state index in [9.17, 15) is 17.6 Å². The quantitative estimate of drug-likeness (QED) is 0.628. The molecule has 0 aromatic carbocycles. The van der Waals surface area contributed by atoms with Crippen molar-refractivity contribution >= 4 is 11.6 Å². The fourth-order valence-electron chi connectivity index (χ4n) is 1.04. The van der Waals surface area contributed by atoms with Gasteiger partial charge in [-0.25, -0.2) is 13.8 Å². The second-order valence-corrected chi connectivity index (χ2v) is 5.34. The minimum absolute atomic E-state index is 0.00436. The maximum atomic E-state index is 12.7.